The lowest BCUT2D eigenvalue weighted by molar-refractivity contribution is -0.145. The van der Waals surface area contributed by atoms with Crippen LogP contribution in [0.4, 0.5) is 26.3 Å². The number of unbranched alkanes of at least 4 members (excludes halogenated alkanes) is 2. The molecule has 0 aliphatic carbocycles. The lowest BCUT2D eigenvalue weighted by Gasteiger charge is -2.17. The number of hydrogen-bond donors (Lipinski definition) is 1. The number of esters is 1. The Balaban J connectivity index is 2.98. The molecule has 1 atom stereocenters. The van der Waals surface area contributed by atoms with E-state index >= 15 is 0 Å². The molecule has 1 amide bonds. The fraction of sp³-hybridized carbons (Fsp3) is 0.500. The van der Waals surface area contributed by atoms with E-state index in [1.165, 1.54) is 0 Å². The van der Waals surface area contributed by atoms with E-state index in [1.54, 1.807) is 0 Å². The summed E-state index contributed by atoms with van der Waals surface area (Å²) in [6.45, 7) is 0. The number of ether oxygens (including phenoxy) is 1. The molecule has 0 bridgehead atoms. The average molecular weight is 424 g/mol. The SMILES string of the molecule is COC(=O)[C@@H](CCCCC#N)NC(=O)Cc1cc(C(F)(F)F)cc(C(F)(F)F)c1. The molecule has 1 aromatic rings. The Morgan fingerprint density at radius 3 is 2.07 bits per heavy atom. The number of nitrogens with zero attached hydrogens (tertiary/aromatic N) is 1. The van der Waals surface area contributed by atoms with Gasteiger partial charge in [0, 0.05) is 6.42 Å². The zero-order valence-corrected chi connectivity index (χ0v) is 15.3. The van der Waals surface area contributed by atoms with E-state index in [9.17, 15) is 35.9 Å². The van der Waals surface area contributed by atoms with Crippen molar-refractivity contribution in [1.29, 1.82) is 5.26 Å². The van der Waals surface area contributed by atoms with Crippen LogP contribution < -0.4 is 5.32 Å². The Hall–Kier alpha value is -2.77. The monoisotopic (exact) mass is 424 g/mol. The van der Waals surface area contributed by atoms with Gasteiger partial charge in [-0.15, -0.1) is 0 Å². The van der Waals surface area contributed by atoms with E-state index in [4.69, 9.17) is 5.26 Å². The van der Waals surface area contributed by atoms with Crippen LogP contribution in [0.1, 0.15) is 42.4 Å². The third kappa shape index (κ3) is 8.01. The molecule has 5 nitrogen and oxygen atoms in total. The quantitative estimate of drug-likeness (QED) is 0.389. The fourth-order valence-electron chi connectivity index (χ4n) is 2.50. The Kier molecular flexibility index (Phi) is 8.48. The van der Waals surface area contributed by atoms with Crippen molar-refractivity contribution in [1.82, 2.24) is 5.32 Å². The van der Waals surface area contributed by atoms with Crippen LogP contribution in [-0.2, 0) is 33.1 Å². The topological polar surface area (TPSA) is 79.2 Å². The van der Waals surface area contributed by atoms with Gasteiger partial charge in [0.25, 0.3) is 0 Å². The number of alkyl halides is 6. The number of nitrogens with one attached hydrogen (secondary N) is 1. The largest absolute Gasteiger partial charge is 0.467 e. The first-order valence-electron chi connectivity index (χ1n) is 8.41. The third-order valence-electron chi connectivity index (χ3n) is 3.86. The summed E-state index contributed by atoms with van der Waals surface area (Å²) in [6, 6.07) is 1.65. The molecule has 0 saturated carbocycles. The molecule has 0 aromatic heterocycles. The number of carbonyl (C=O) groups excluding carboxylic acids is 2. The third-order valence-corrected chi connectivity index (χ3v) is 3.86. The van der Waals surface area contributed by atoms with Gasteiger partial charge in [-0.05, 0) is 43.0 Å². The Labute approximate surface area is 162 Å². The van der Waals surface area contributed by atoms with Gasteiger partial charge in [-0.1, -0.05) is 0 Å². The van der Waals surface area contributed by atoms with Gasteiger partial charge in [0.1, 0.15) is 6.04 Å². The van der Waals surface area contributed by atoms with E-state index in [-0.39, 0.29) is 18.9 Å². The Morgan fingerprint density at radius 1 is 1.07 bits per heavy atom. The highest BCUT2D eigenvalue weighted by Crippen LogP contribution is 2.36. The van der Waals surface area contributed by atoms with E-state index in [0.29, 0.717) is 25.0 Å². The van der Waals surface area contributed by atoms with Gasteiger partial charge >= 0.3 is 18.3 Å². The number of carbonyl (C=O) groups is 2. The van der Waals surface area contributed by atoms with Gasteiger partial charge < -0.3 is 10.1 Å². The van der Waals surface area contributed by atoms with E-state index < -0.39 is 53.4 Å². The molecule has 0 aliphatic heterocycles. The second kappa shape index (κ2) is 10.1. The summed E-state index contributed by atoms with van der Waals surface area (Å²) in [5.74, 6) is -1.75. The maximum absolute atomic E-state index is 12.9. The molecular formula is C18H18F6N2O3. The van der Waals surface area contributed by atoms with Crippen molar-refractivity contribution in [3.8, 4) is 6.07 Å². The van der Waals surface area contributed by atoms with Crippen LogP contribution in [0.15, 0.2) is 18.2 Å². The van der Waals surface area contributed by atoms with Crippen LogP contribution in [0.2, 0.25) is 0 Å². The second-order valence-corrected chi connectivity index (χ2v) is 6.14. The van der Waals surface area contributed by atoms with Crippen LogP contribution in [0.5, 0.6) is 0 Å². The molecule has 0 heterocycles. The van der Waals surface area contributed by atoms with Gasteiger partial charge in [0.05, 0.1) is 30.7 Å². The first-order chi connectivity index (χ1) is 13.4. The zero-order chi connectivity index (χ0) is 22.2. The van der Waals surface area contributed by atoms with E-state index in [0.717, 1.165) is 7.11 Å². The van der Waals surface area contributed by atoms with Crippen molar-refractivity contribution in [2.45, 2.75) is 50.5 Å². The van der Waals surface area contributed by atoms with Gasteiger partial charge in [0.2, 0.25) is 5.91 Å². The van der Waals surface area contributed by atoms with Gasteiger partial charge in [-0.3, -0.25) is 4.79 Å². The summed E-state index contributed by atoms with van der Waals surface area (Å²) >= 11 is 0. The minimum atomic E-state index is -5.03. The maximum Gasteiger partial charge on any atom is 0.416 e. The number of hydrogen-bond acceptors (Lipinski definition) is 4. The summed E-state index contributed by atoms with van der Waals surface area (Å²) in [5.41, 5.74) is -3.56. The fourth-order valence-corrected chi connectivity index (χ4v) is 2.50. The second-order valence-electron chi connectivity index (χ2n) is 6.14. The molecule has 0 saturated heterocycles. The van der Waals surface area contributed by atoms with Crippen molar-refractivity contribution in [2.75, 3.05) is 7.11 Å². The Morgan fingerprint density at radius 2 is 1.62 bits per heavy atom. The number of benzene rings is 1. The number of amides is 1. The summed E-state index contributed by atoms with van der Waals surface area (Å²) in [4.78, 5) is 23.9. The highest BCUT2D eigenvalue weighted by molar-refractivity contribution is 5.85. The highest BCUT2D eigenvalue weighted by atomic mass is 19.4. The van der Waals surface area contributed by atoms with Crippen LogP contribution in [0, 0.1) is 11.3 Å². The standard InChI is InChI=1S/C18H18F6N2O3/c1-29-16(28)14(5-3-2-4-6-25)26-15(27)9-11-7-12(17(19,20)21)10-13(8-11)18(22,23)24/h7-8,10,14H,2-5,9H2,1H3,(H,26,27)/t14-/m1/s1. The first kappa shape index (κ1) is 24.3. The van der Waals surface area contributed by atoms with Gasteiger partial charge in [-0.2, -0.15) is 31.6 Å². The summed E-state index contributed by atoms with van der Waals surface area (Å²) in [6.07, 6.45) is -9.68. The molecular weight excluding hydrogens is 406 g/mol. The van der Waals surface area contributed by atoms with Crippen LogP contribution in [0.3, 0.4) is 0 Å². The predicted molar refractivity (Wildman–Crippen MR) is 88.2 cm³/mol. The number of methoxy groups -OCH3 is 1. The van der Waals surface area contributed by atoms with Crippen LogP contribution in [-0.4, -0.2) is 25.0 Å². The maximum atomic E-state index is 12.9. The predicted octanol–water partition coefficient (Wildman–Crippen LogP) is 4.01. The molecule has 0 radical (unpaired) electrons. The van der Waals surface area contributed by atoms with Crippen molar-refractivity contribution >= 4 is 11.9 Å². The number of halogens is 6. The molecule has 0 aliphatic rings. The molecule has 160 valence electrons. The van der Waals surface area contributed by atoms with Gasteiger partial charge in [0.15, 0.2) is 0 Å². The Bertz CT molecular complexity index is 736. The lowest BCUT2D eigenvalue weighted by Crippen LogP contribution is -2.42. The first-order valence-corrected chi connectivity index (χ1v) is 8.41. The summed E-state index contributed by atoms with van der Waals surface area (Å²) in [7, 11) is 1.07. The van der Waals surface area contributed by atoms with Crippen LogP contribution >= 0.6 is 0 Å². The minimum absolute atomic E-state index is 0.0339. The van der Waals surface area contributed by atoms with Crippen molar-refractivity contribution in [3.05, 3.63) is 34.9 Å². The normalized spacial score (nSPS) is 12.8. The zero-order valence-electron chi connectivity index (χ0n) is 15.3. The van der Waals surface area contributed by atoms with Gasteiger partial charge in [-0.25, -0.2) is 4.79 Å². The molecule has 29 heavy (non-hydrogen) atoms. The molecule has 0 fully saturated rings. The van der Waals surface area contributed by atoms with E-state index in [2.05, 4.69) is 10.1 Å². The summed E-state index contributed by atoms with van der Waals surface area (Å²) in [5, 5.41) is 10.7. The number of rotatable bonds is 8. The lowest BCUT2D eigenvalue weighted by atomic mass is 10.0. The molecule has 1 rings (SSSR count). The average Bonchev–Trinajstić information content (AvgIpc) is 2.61. The van der Waals surface area contributed by atoms with E-state index in [1.807, 2.05) is 6.07 Å². The smallest absolute Gasteiger partial charge is 0.416 e. The molecule has 0 spiro atoms. The van der Waals surface area contributed by atoms with Crippen molar-refractivity contribution in [2.24, 2.45) is 0 Å². The molecule has 11 heteroatoms. The molecule has 1 N–H and O–H groups in total. The number of nitriles is 1. The summed E-state index contributed by atoms with van der Waals surface area (Å²) < 4.78 is 81.8. The molecule has 0 unspecified atom stereocenters. The molecule has 1 aromatic carbocycles. The van der Waals surface area contributed by atoms with Crippen LogP contribution in [0.25, 0.3) is 0 Å². The van der Waals surface area contributed by atoms with Crippen molar-refractivity contribution in [3.63, 3.8) is 0 Å². The van der Waals surface area contributed by atoms with Crippen molar-refractivity contribution < 1.29 is 40.7 Å². The minimum Gasteiger partial charge on any atom is -0.467 e. The highest BCUT2D eigenvalue weighted by Gasteiger charge is 2.37.